The smallest absolute Gasteiger partial charge is 0.354 e. The zero-order chi connectivity index (χ0) is 20.6. The van der Waals surface area contributed by atoms with E-state index < -0.39 is 16.5 Å². The average molecular weight is 395 g/mol. The van der Waals surface area contributed by atoms with Crippen molar-refractivity contribution >= 4 is 23.2 Å². The monoisotopic (exact) mass is 395 g/mol. The summed E-state index contributed by atoms with van der Waals surface area (Å²) in [6, 6.07) is 10.2. The molecule has 0 aliphatic carbocycles. The Balaban J connectivity index is 1.73. The van der Waals surface area contributed by atoms with Gasteiger partial charge in [0, 0.05) is 24.5 Å². The van der Waals surface area contributed by atoms with E-state index in [9.17, 15) is 14.9 Å². The minimum atomic E-state index is -0.628. The van der Waals surface area contributed by atoms with Crippen molar-refractivity contribution in [2.24, 2.45) is 0 Å². The van der Waals surface area contributed by atoms with Crippen LogP contribution in [0.1, 0.15) is 15.9 Å². The summed E-state index contributed by atoms with van der Waals surface area (Å²) < 4.78 is 5.10. The van der Waals surface area contributed by atoms with Crippen LogP contribution in [0.5, 0.6) is 5.75 Å². The van der Waals surface area contributed by atoms with Crippen molar-refractivity contribution in [1.82, 2.24) is 20.4 Å². The van der Waals surface area contributed by atoms with Gasteiger partial charge in [0.2, 0.25) is 11.6 Å². The first-order chi connectivity index (χ1) is 14.1. The van der Waals surface area contributed by atoms with Gasteiger partial charge in [0.15, 0.2) is 0 Å². The molecule has 1 aromatic carbocycles. The zero-order valence-electron chi connectivity index (χ0n) is 15.3. The van der Waals surface area contributed by atoms with Crippen molar-refractivity contribution in [3.63, 3.8) is 0 Å². The van der Waals surface area contributed by atoms with Gasteiger partial charge in [0.25, 0.3) is 5.91 Å². The van der Waals surface area contributed by atoms with E-state index in [2.05, 4.69) is 31.1 Å². The average Bonchev–Trinajstić information content (AvgIpc) is 2.76. The highest BCUT2D eigenvalue weighted by Gasteiger charge is 2.23. The second-order valence-electron chi connectivity index (χ2n) is 5.69. The molecule has 0 saturated carbocycles. The van der Waals surface area contributed by atoms with E-state index in [1.165, 1.54) is 24.5 Å². The third-order valence-electron chi connectivity index (χ3n) is 3.86. The fraction of sp³-hybridized carbons (Fsp3) is 0.111. The molecule has 0 radical (unpaired) electrons. The molecule has 0 unspecified atom stereocenters. The lowest BCUT2D eigenvalue weighted by Crippen LogP contribution is -2.30. The van der Waals surface area contributed by atoms with Gasteiger partial charge in [-0.2, -0.15) is 0 Å². The predicted octanol–water partition coefficient (Wildman–Crippen LogP) is 2.16. The van der Waals surface area contributed by atoms with Gasteiger partial charge in [-0.15, -0.1) is 0 Å². The second-order valence-corrected chi connectivity index (χ2v) is 5.69. The molecule has 11 nitrogen and oxygen atoms in total. The number of aromatic nitrogens is 3. The molecule has 2 heterocycles. The summed E-state index contributed by atoms with van der Waals surface area (Å²) in [5.74, 6) is 0.0809. The van der Waals surface area contributed by atoms with Crippen molar-refractivity contribution < 1.29 is 14.5 Å². The fourth-order valence-corrected chi connectivity index (χ4v) is 2.39. The Morgan fingerprint density at radius 3 is 2.45 bits per heavy atom. The predicted molar refractivity (Wildman–Crippen MR) is 104 cm³/mol. The molecule has 0 saturated heterocycles. The molecule has 0 bridgehead atoms. The Morgan fingerprint density at radius 2 is 1.79 bits per heavy atom. The number of amides is 1. The minimum Gasteiger partial charge on any atom is -0.497 e. The van der Waals surface area contributed by atoms with E-state index in [1.807, 2.05) is 12.1 Å². The summed E-state index contributed by atoms with van der Waals surface area (Å²) in [4.78, 5) is 34.7. The Kier molecular flexibility index (Phi) is 6.10. The minimum absolute atomic E-state index is 0.0153. The summed E-state index contributed by atoms with van der Waals surface area (Å²) in [7, 11) is 1.57. The van der Waals surface area contributed by atoms with Crippen molar-refractivity contribution in [3.8, 4) is 5.75 Å². The zero-order valence-corrected chi connectivity index (χ0v) is 15.3. The third kappa shape index (κ3) is 4.91. The number of hydrogen-bond donors (Lipinski definition) is 3. The third-order valence-corrected chi connectivity index (χ3v) is 3.86. The number of nitrogens with one attached hydrogen (secondary N) is 3. The number of rotatable bonds is 8. The number of benzene rings is 1. The van der Waals surface area contributed by atoms with Crippen LogP contribution in [0.15, 0.2) is 55.1 Å². The highest BCUT2D eigenvalue weighted by Crippen LogP contribution is 2.28. The summed E-state index contributed by atoms with van der Waals surface area (Å²) in [6.45, 7) is 0.296. The van der Waals surface area contributed by atoms with Crippen molar-refractivity contribution in [2.75, 3.05) is 17.9 Å². The van der Waals surface area contributed by atoms with Crippen LogP contribution in [0.2, 0.25) is 0 Å². The van der Waals surface area contributed by atoms with Gasteiger partial charge < -0.3 is 10.1 Å². The van der Waals surface area contributed by atoms with E-state index in [4.69, 9.17) is 4.74 Å². The number of hydrogen-bond acceptors (Lipinski definition) is 9. The quantitative estimate of drug-likeness (QED) is 0.386. The lowest BCUT2D eigenvalue weighted by atomic mass is 10.2. The molecular formula is C18H17N7O4. The van der Waals surface area contributed by atoms with Crippen molar-refractivity contribution in [1.29, 1.82) is 0 Å². The normalized spacial score (nSPS) is 10.1. The highest BCUT2D eigenvalue weighted by atomic mass is 16.6. The van der Waals surface area contributed by atoms with Crippen LogP contribution in [0, 0.1) is 10.1 Å². The maximum atomic E-state index is 12.1. The number of pyridine rings is 1. The van der Waals surface area contributed by atoms with Gasteiger partial charge >= 0.3 is 5.69 Å². The molecule has 0 aliphatic rings. The fourth-order valence-electron chi connectivity index (χ4n) is 2.39. The molecule has 3 aromatic rings. The van der Waals surface area contributed by atoms with Crippen LogP contribution >= 0.6 is 0 Å². The van der Waals surface area contributed by atoms with Crippen molar-refractivity contribution in [2.45, 2.75) is 6.54 Å². The molecule has 29 heavy (non-hydrogen) atoms. The van der Waals surface area contributed by atoms with Crippen LogP contribution in [-0.4, -0.2) is 32.9 Å². The SMILES string of the molecule is COc1ccc(CNc2ncnc(NNC(=O)c3ccncc3)c2[N+](=O)[O-])cc1. The van der Waals surface area contributed by atoms with Gasteiger partial charge in [0.05, 0.1) is 12.0 Å². The van der Waals surface area contributed by atoms with E-state index in [0.717, 1.165) is 11.9 Å². The number of ether oxygens (including phenoxy) is 1. The summed E-state index contributed by atoms with van der Waals surface area (Å²) in [6.07, 6.45) is 4.08. The van der Waals surface area contributed by atoms with Crippen LogP contribution < -0.4 is 20.9 Å². The van der Waals surface area contributed by atoms with Gasteiger partial charge in [-0.25, -0.2) is 9.97 Å². The number of carbonyl (C=O) groups is 1. The topological polar surface area (TPSA) is 144 Å². The highest BCUT2D eigenvalue weighted by molar-refractivity contribution is 5.94. The largest absolute Gasteiger partial charge is 0.497 e. The number of nitro groups is 1. The molecule has 3 rings (SSSR count). The number of hydrazine groups is 1. The van der Waals surface area contributed by atoms with E-state index >= 15 is 0 Å². The summed E-state index contributed by atoms with van der Waals surface area (Å²) >= 11 is 0. The van der Waals surface area contributed by atoms with Crippen LogP contribution in [0.4, 0.5) is 17.3 Å². The lowest BCUT2D eigenvalue weighted by molar-refractivity contribution is -0.383. The summed E-state index contributed by atoms with van der Waals surface area (Å²) in [5.41, 5.74) is 5.67. The van der Waals surface area contributed by atoms with Gasteiger partial charge in [-0.1, -0.05) is 12.1 Å². The molecule has 0 spiro atoms. The summed E-state index contributed by atoms with van der Waals surface area (Å²) in [5, 5.41) is 14.5. The van der Waals surface area contributed by atoms with E-state index in [-0.39, 0.29) is 11.6 Å². The van der Waals surface area contributed by atoms with Gasteiger partial charge in [-0.05, 0) is 29.8 Å². The number of carbonyl (C=O) groups excluding carboxylic acids is 1. The molecule has 0 aliphatic heterocycles. The Morgan fingerprint density at radius 1 is 1.10 bits per heavy atom. The number of nitrogens with zero attached hydrogens (tertiary/aromatic N) is 4. The Hall–Kier alpha value is -4.28. The molecule has 3 N–H and O–H groups in total. The molecule has 0 atom stereocenters. The second kappa shape index (κ2) is 9.08. The first-order valence-electron chi connectivity index (χ1n) is 8.41. The van der Waals surface area contributed by atoms with Crippen LogP contribution in [-0.2, 0) is 6.54 Å². The van der Waals surface area contributed by atoms with Crippen LogP contribution in [0.3, 0.4) is 0 Å². The first kappa shape index (κ1) is 19.5. The first-order valence-corrected chi connectivity index (χ1v) is 8.41. The van der Waals surface area contributed by atoms with Crippen molar-refractivity contribution in [3.05, 3.63) is 76.4 Å². The number of anilines is 2. The van der Waals surface area contributed by atoms with E-state index in [0.29, 0.717) is 17.9 Å². The van der Waals surface area contributed by atoms with E-state index in [1.54, 1.807) is 19.2 Å². The molecule has 1 amide bonds. The van der Waals surface area contributed by atoms with Gasteiger partial charge in [-0.3, -0.25) is 30.7 Å². The lowest BCUT2D eigenvalue weighted by Gasteiger charge is -2.11. The Bertz CT molecular complexity index is 997. The number of methoxy groups -OCH3 is 1. The maximum Gasteiger partial charge on any atom is 0.354 e. The van der Waals surface area contributed by atoms with Gasteiger partial charge in [0.1, 0.15) is 12.1 Å². The molecule has 148 valence electrons. The molecule has 11 heteroatoms. The molecular weight excluding hydrogens is 378 g/mol. The van der Waals surface area contributed by atoms with Crippen LogP contribution in [0.25, 0.3) is 0 Å². The standard InChI is InChI=1S/C18H17N7O4/c1-29-14-4-2-12(3-5-14)10-20-16-15(25(27)28)17(22-11-21-16)23-24-18(26)13-6-8-19-9-7-13/h2-9,11H,10H2,1H3,(H,24,26)(H2,20,21,22,23). The molecule has 0 fully saturated rings. The Labute approximate surface area is 165 Å². The maximum absolute atomic E-state index is 12.1. The molecule has 2 aromatic heterocycles.